The Bertz CT molecular complexity index is 704. The van der Waals surface area contributed by atoms with Gasteiger partial charge in [0.25, 0.3) is 11.6 Å². The maximum absolute atomic E-state index is 13.4. The highest BCUT2D eigenvalue weighted by Crippen LogP contribution is 2.31. The molecule has 1 amide bonds. The van der Waals surface area contributed by atoms with E-state index in [1.165, 1.54) is 30.3 Å². The van der Waals surface area contributed by atoms with E-state index in [1.54, 1.807) is 0 Å². The van der Waals surface area contributed by atoms with E-state index < -0.39 is 23.3 Å². The van der Waals surface area contributed by atoms with Crippen LogP contribution in [-0.2, 0) is 4.79 Å². The van der Waals surface area contributed by atoms with Crippen LogP contribution in [0.15, 0.2) is 42.5 Å². The minimum Gasteiger partial charge on any atom is -0.323 e. The lowest BCUT2D eigenvalue weighted by molar-refractivity contribution is -0.384. The van der Waals surface area contributed by atoms with E-state index in [2.05, 4.69) is 5.32 Å². The van der Waals surface area contributed by atoms with E-state index in [4.69, 9.17) is 0 Å². The third kappa shape index (κ3) is 3.38. The van der Waals surface area contributed by atoms with Crippen LogP contribution in [0.2, 0.25) is 0 Å². The Morgan fingerprint density at radius 1 is 1.24 bits per heavy atom. The number of carbonyl (C=O) groups is 1. The van der Waals surface area contributed by atoms with Crippen molar-refractivity contribution in [3.05, 3.63) is 58.4 Å². The maximum atomic E-state index is 13.4. The lowest BCUT2D eigenvalue weighted by atomic mass is 10.0. The lowest BCUT2D eigenvalue weighted by Gasteiger charge is -2.10. The lowest BCUT2D eigenvalue weighted by Crippen LogP contribution is -2.13. The second kappa shape index (κ2) is 6.08. The van der Waals surface area contributed by atoms with Crippen molar-refractivity contribution in [2.24, 2.45) is 0 Å². The van der Waals surface area contributed by atoms with Crippen molar-refractivity contribution < 1.29 is 18.5 Å². The van der Waals surface area contributed by atoms with Gasteiger partial charge in [-0.2, -0.15) is 0 Å². The summed E-state index contributed by atoms with van der Waals surface area (Å²) in [6.45, 7) is -1.22. The summed E-state index contributed by atoms with van der Waals surface area (Å²) in [7, 11) is 0. The van der Waals surface area contributed by atoms with Crippen LogP contribution >= 0.6 is 0 Å². The third-order valence-corrected chi connectivity index (χ3v) is 2.75. The van der Waals surface area contributed by atoms with Gasteiger partial charge >= 0.3 is 0 Å². The Balaban J connectivity index is 2.51. The normalized spacial score (nSPS) is 10.2. The largest absolute Gasteiger partial charge is 0.323 e. The average Bonchev–Trinajstić information content (AvgIpc) is 2.49. The molecular formula is C14H10F2N2O3. The predicted octanol–water partition coefficient (Wildman–Crippen LogP) is 3.31. The molecule has 5 nitrogen and oxygen atoms in total. The molecule has 1 N–H and O–H groups in total. The van der Waals surface area contributed by atoms with Crippen LogP contribution in [0.4, 0.5) is 20.2 Å². The number of nitrogens with one attached hydrogen (secondary N) is 1. The molecule has 0 radical (unpaired) electrons. The fourth-order valence-electron chi connectivity index (χ4n) is 1.83. The number of benzene rings is 2. The number of alkyl halides is 1. The fourth-order valence-corrected chi connectivity index (χ4v) is 1.83. The molecule has 0 saturated heterocycles. The highest BCUT2D eigenvalue weighted by atomic mass is 19.1. The molecule has 0 aliphatic heterocycles. The standard InChI is InChI=1S/C14H10F2N2O3/c15-8-14(19)17-13-5-4-10(16)7-12(13)9-2-1-3-11(6-9)18(20)21/h1-7H,8H2,(H,17,19). The molecule has 0 heterocycles. The molecule has 7 heteroatoms. The van der Waals surface area contributed by atoms with Gasteiger partial charge in [-0.25, -0.2) is 8.78 Å². The van der Waals surface area contributed by atoms with E-state index in [1.807, 2.05) is 0 Å². The van der Waals surface area contributed by atoms with Gasteiger partial charge in [0, 0.05) is 23.4 Å². The van der Waals surface area contributed by atoms with E-state index in [-0.39, 0.29) is 16.9 Å². The average molecular weight is 292 g/mol. The summed E-state index contributed by atoms with van der Waals surface area (Å²) in [5.41, 5.74) is 0.595. The summed E-state index contributed by atoms with van der Waals surface area (Å²) in [6, 6.07) is 9.02. The van der Waals surface area contributed by atoms with Crippen molar-refractivity contribution in [3.63, 3.8) is 0 Å². The second-order valence-electron chi connectivity index (χ2n) is 4.18. The van der Waals surface area contributed by atoms with Crippen molar-refractivity contribution >= 4 is 17.3 Å². The summed E-state index contributed by atoms with van der Waals surface area (Å²) in [6.07, 6.45) is 0. The number of nitrogens with zero attached hydrogens (tertiary/aromatic N) is 1. The molecule has 0 saturated carbocycles. The first-order chi connectivity index (χ1) is 10.0. The minimum atomic E-state index is -1.22. The number of hydrogen-bond acceptors (Lipinski definition) is 3. The number of nitro benzene ring substituents is 1. The van der Waals surface area contributed by atoms with Crippen LogP contribution in [0.1, 0.15) is 0 Å². The number of nitro groups is 1. The van der Waals surface area contributed by atoms with Gasteiger partial charge in [0.2, 0.25) is 0 Å². The molecule has 0 unspecified atom stereocenters. The summed E-state index contributed by atoms with van der Waals surface area (Å²) in [5, 5.41) is 13.1. The van der Waals surface area contributed by atoms with Gasteiger partial charge in [-0.15, -0.1) is 0 Å². The first-order valence-corrected chi connectivity index (χ1v) is 5.91. The van der Waals surface area contributed by atoms with Gasteiger partial charge in [0.05, 0.1) is 4.92 Å². The van der Waals surface area contributed by atoms with E-state index in [0.29, 0.717) is 5.56 Å². The van der Waals surface area contributed by atoms with Crippen LogP contribution in [0, 0.1) is 15.9 Å². The number of amides is 1. The molecule has 108 valence electrons. The van der Waals surface area contributed by atoms with Crippen molar-refractivity contribution in [1.29, 1.82) is 0 Å². The number of non-ortho nitro benzene ring substituents is 1. The monoisotopic (exact) mass is 292 g/mol. The minimum absolute atomic E-state index is 0.167. The second-order valence-corrected chi connectivity index (χ2v) is 4.18. The first kappa shape index (κ1) is 14.6. The number of carbonyl (C=O) groups excluding carboxylic acids is 1. The van der Waals surface area contributed by atoms with Gasteiger partial charge in [-0.1, -0.05) is 12.1 Å². The number of rotatable bonds is 4. The maximum Gasteiger partial charge on any atom is 0.270 e. The van der Waals surface area contributed by atoms with Crippen molar-refractivity contribution in [2.75, 3.05) is 12.0 Å². The molecule has 0 atom stereocenters. The SMILES string of the molecule is O=C(CF)Nc1ccc(F)cc1-c1cccc([N+](=O)[O-])c1. The summed E-state index contributed by atoms with van der Waals surface area (Å²) >= 11 is 0. The third-order valence-electron chi connectivity index (χ3n) is 2.75. The van der Waals surface area contributed by atoms with Crippen LogP contribution in [0.3, 0.4) is 0 Å². The Hall–Kier alpha value is -2.83. The summed E-state index contributed by atoms with van der Waals surface area (Å²) < 4.78 is 25.7. The predicted molar refractivity (Wildman–Crippen MR) is 73.1 cm³/mol. The van der Waals surface area contributed by atoms with E-state index in [0.717, 1.165) is 12.1 Å². The van der Waals surface area contributed by atoms with Crippen LogP contribution in [0.25, 0.3) is 11.1 Å². The zero-order valence-corrected chi connectivity index (χ0v) is 10.7. The Morgan fingerprint density at radius 2 is 2.00 bits per heavy atom. The smallest absolute Gasteiger partial charge is 0.270 e. The van der Waals surface area contributed by atoms with E-state index in [9.17, 15) is 23.7 Å². The topological polar surface area (TPSA) is 72.2 Å². The molecule has 0 aliphatic rings. The fraction of sp³-hybridized carbons (Fsp3) is 0.0714. The quantitative estimate of drug-likeness (QED) is 0.694. The molecular weight excluding hydrogens is 282 g/mol. The Kier molecular flexibility index (Phi) is 4.22. The molecule has 2 rings (SSSR count). The van der Waals surface area contributed by atoms with Crippen LogP contribution in [-0.4, -0.2) is 17.5 Å². The first-order valence-electron chi connectivity index (χ1n) is 5.91. The number of anilines is 1. The van der Waals surface area contributed by atoms with Crippen molar-refractivity contribution in [3.8, 4) is 11.1 Å². The Labute approximate surface area is 118 Å². The molecule has 0 aromatic heterocycles. The van der Waals surface area contributed by atoms with Gasteiger partial charge in [-0.3, -0.25) is 14.9 Å². The Morgan fingerprint density at radius 3 is 2.67 bits per heavy atom. The van der Waals surface area contributed by atoms with Gasteiger partial charge in [-0.05, 0) is 23.8 Å². The van der Waals surface area contributed by atoms with Gasteiger partial charge < -0.3 is 5.32 Å². The van der Waals surface area contributed by atoms with Crippen molar-refractivity contribution in [1.82, 2.24) is 0 Å². The van der Waals surface area contributed by atoms with Gasteiger partial charge in [0.15, 0.2) is 6.67 Å². The molecule has 0 spiro atoms. The molecule has 21 heavy (non-hydrogen) atoms. The molecule has 2 aromatic rings. The van der Waals surface area contributed by atoms with Crippen molar-refractivity contribution in [2.45, 2.75) is 0 Å². The highest BCUT2D eigenvalue weighted by Gasteiger charge is 2.13. The summed E-state index contributed by atoms with van der Waals surface area (Å²) in [5.74, 6) is -1.46. The molecule has 2 aromatic carbocycles. The zero-order valence-electron chi connectivity index (χ0n) is 10.7. The summed E-state index contributed by atoms with van der Waals surface area (Å²) in [4.78, 5) is 21.3. The molecule has 0 aliphatic carbocycles. The molecule has 0 fully saturated rings. The van der Waals surface area contributed by atoms with Gasteiger partial charge in [0.1, 0.15) is 5.82 Å². The number of hydrogen-bond donors (Lipinski definition) is 1. The molecule has 0 bridgehead atoms. The zero-order chi connectivity index (χ0) is 15.4. The number of halogens is 2. The van der Waals surface area contributed by atoms with Crippen LogP contribution in [0.5, 0.6) is 0 Å². The van der Waals surface area contributed by atoms with Crippen LogP contribution < -0.4 is 5.32 Å². The highest BCUT2D eigenvalue weighted by molar-refractivity contribution is 5.96. The van der Waals surface area contributed by atoms with E-state index >= 15 is 0 Å².